The molecule has 0 saturated carbocycles. The second kappa shape index (κ2) is 10.4. The molecule has 0 radical (unpaired) electrons. The van der Waals surface area contributed by atoms with Crippen LogP contribution >= 0.6 is 0 Å². The first-order valence-electron chi connectivity index (χ1n) is 11.2. The molecule has 0 spiro atoms. The van der Waals surface area contributed by atoms with Crippen LogP contribution in [0.5, 0.6) is 5.75 Å². The second-order valence-corrected chi connectivity index (χ2v) is 8.28. The fourth-order valence-electron chi connectivity index (χ4n) is 4.14. The van der Waals surface area contributed by atoms with Crippen molar-refractivity contribution in [2.75, 3.05) is 20.2 Å². The van der Waals surface area contributed by atoms with Crippen LogP contribution in [0.1, 0.15) is 42.2 Å². The molecule has 1 aromatic heterocycles. The molecule has 1 N–H and O–H groups in total. The number of aryl methyl sites for hydroxylation is 1. The SMILES string of the molecule is COc1ccc(CN2CCc3nnc(C(C)NC(=O)CCc4ccccc4)n3CC2)cc1. The number of benzene rings is 2. The lowest BCUT2D eigenvalue weighted by Crippen LogP contribution is -2.30. The molecule has 2 aromatic carbocycles. The Balaban J connectivity index is 1.32. The van der Waals surface area contributed by atoms with Gasteiger partial charge >= 0.3 is 0 Å². The Morgan fingerprint density at radius 3 is 2.56 bits per heavy atom. The predicted octanol–water partition coefficient (Wildman–Crippen LogP) is 3.16. The molecule has 0 bridgehead atoms. The number of aromatic nitrogens is 3. The molecule has 7 nitrogen and oxygen atoms in total. The lowest BCUT2D eigenvalue weighted by atomic mass is 10.1. The molecule has 1 unspecified atom stereocenters. The topological polar surface area (TPSA) is 72.3 Å². The molecule has 1 aliphatic rings. The van der Waals surface area contributed by atoms with Gasteiger partial charge in [-0.3, -0.25) is 9.69 Å². The van der Waals surface area contributed by atoms with Gasteiger partial charge in [0.2, 0.25) is 5.91 Å². The summed E-state index contributed by atoms with van der Waals surface area (Å²) in [6.45, 7) is 5.54. The van der Waals surface area contributed by atoms with Gasteiger partial charge in [0, 0.05) is 39.0 Å². The van der Waals surface area contributed by atoms with Crippen molar-refractivity contribution in [2.24, 2.45) is 0 Å². The minimum absolute atomic E-state index is 0.0356. The van der Waals surface area contributed by atoms with E-state index in [-0.39, 0.29) is 11.9 Å². The van der Waals surface area contributed by atoms with Crippen LogP contribution in [0.25, 0.3) is 0 Å². The number of hydrogen-bond donors (Lipinski definition) is 1. The first kappa shape index (κ1) is 22.0. The van der Waals surface area contributed by atoms with E-state index in [1.165, 1.54) is 11.1 Å². The number of carbonyl (C=O) groups is 1. The van der Waals surface area contributed by atoms with Gasteiger partial charge in [0.25, 0.3) is 0 Å². The maximum Gasteiger partial charge on any atom is 0.220 e. The highest BCUT2D eigenvalue weighted by molar-refractivity contribution is 5.76. The van der Waals surface area contributed by atoms with Crippen LogP contribution < -0.4 is 10.1 Å². The smallest absolute Gasteiger partial charge is 0.220 e. The molecule has 1 aliphatic heterocycles. The van der Waals surface area contributed by atoms with Gasteiger partial charge in [0.05, 0.1) is 13.2 Å². The van der Waals surface area contributed by atoms with Crippen molar-refractivity contribution in [1.29, 1.82) is 0 Å². The summed E-state index contributed by atoms with van der Waals surface area (Å²) in [4.78, 5) is 14.9. The quantitative estimate of drug-likeness (QED) is 0.591. The third-order valence-electron chi connectivity index (χ3n) is 5.96. The third kappa shape index (κ3) is 5.53. The minimum Gasteiger partial charge on any atom is -0.497 e. The van der Waals surface area contributed by atoms with Gasteiger partial charge in [-0.25, -0.2) is 0 Å². The molecule has 0 saturated heterocycles. The number of ether oxygens (including phenoxy) is 1. The highest BCUT2D eigenvalue weighted by Gasteiger charge is 2.22. The maximum atomic E-state index is 12.5. The molecule has 4 rings (SSSR count). The fourth-order valence-corrected chi connectivity index (χ4v) is 4.14. The van der Waals surface area contributed by atoms with Crippen molar-refractivity contribution < 1.29 is 9.53 Å². The van der Waals surface area contributed by atoms with E-state index in [0.29, 0.717) is 6.42 Å². The van der Waals surface area contributed by atoms with E-state index in [4.69, 9.17) is 4.74 Å². The van der Waals surface area contributed by atoms with Gasteiger partial charge in [-0.15, -0.1) is 10.2 Å². The van der Waals surface area contributed by atoms with Crippen molar-refractivity contribution in [3.8, 4) is 5.75 Å². The molecule has 0 fully saturated rings. The summed E-state index contributed by atoms with van der Waals surface area (Å²) in [7, 11) is 1.68. The van der Waals surface area contributed by atoms with E-state index < -0.39 is 0 Å². The molecule has 1 amide bonds. The molecule has 3 aromatic rings. The van der Waals surface area contributed by atoms with E-state index >= 15 is 0 Å². The largest absolute Gasteiger partial charge is 0.497 e. The van der Waals surface area contributed by atoms with E-state index in [0.717, 1.165) is 56.4 Å². The van der Waals surface area contributed by atoms with Gasteiger partial charge in [0.1, 0.15) is 11.6 Å². The van der Waals surface area contributed by atoms with Crippen LogP contribution in [0.2, 0.25) is 0 Å². The Bertz CT molecular complexity index is 1020. The van der Waals surface area contributed by atoms with Crippen molar-refractivity contribution in [3.05, 3.63) is 77.4 Å². The van der Waals surface area contributed by atoms with E-state index in [1.807, 2.05) is 49.4 Å². The summed E-state index contributed by atoms with van der Waals surface area (Å²) < 4.78 is 7.43. The van der Waals surface area contributed by atoms with Crippen molar-refractivity contribution in [2.45, 2.75) is 45.3 Å². The van der Waals surface area contributed by atoms with Crippen LogP contribution in [0, 0.1) is 0 Å². The van der Waals surface area contributed by atoms with Gasteiger partial charge in [0.15, 0.2) is 5.82 Å². The maximum absolute atomic E-state index is 12.5. The number of nitrogens with zero attached hydrogens (tertiary/aromatic N) is 4. The average molecular weight is 434 g/mol. The Kier molecular flexibility index (Phi) is 7.17. The predicted molar refractivity (Wildman–Crippen MR) is 123 cm³/mol. The summed E-state index contributed by atoms with van der Waals surface area (Å²) in [5, 5.41) is 11.9. The van der Waals surface area contributed by atoms with E-state index in [2.05, 4.69) is 37.1 Å². The number of carbonyl (C=O) groups excluding carboxylic acids is 1. The molecule has 7 heteroatoms. The Labute approximate surface area is 189 Å². The van der Waals surface area contributed by atoms with Gasteiger partial charge in [-0.2, -0.15) is 0 Å². The number of nitrogens with one attached hydrogen (secondary N) is 1. The summed E-state index contributed by atoms with van der Waals surface area (Å²) in [6, 6.07) is 18.1. The van der Waals surface area contributed by atoms with Crippen LogP contribution in [-0.2, 0) is 30.7 Å². The molecule has 32 heavy (non-hydrogen) atoms. The normalized spacial score (nSPS) is 14.9. The molecular weight excluding hydrogens is 402 g/mol. The molecule has 1 atom stereocenters. The van der Waals surface area contributed by atoms with Crippen LogP contribution in [0.15, 0.2) is 54.6 Å². The number of fused-ring (bicyclic) bond motifs is 1. The number of rotatable bonds is 8. The van der Waals surface area contributed by atoms with Crippen LogP contribution in [-0.4, -0.2) is 45.8 Å². The van der Waals surface area contributed by atoms with Crippen molar-refractivity contribution in [1.82, 2.24) is 25.0 Å². The molecular formula is C25H31N5O2. The lowest BCUT2D eigenvalue weighted by molar-refractivity contribution is -0.121. The molecule has 2 heterocycles. The van der Waals surface area contributed by atoms with Crippen molar-refractivity contribution >= 4 is 5.91 Å². The summed E-state index contributed by atoms with van der Waals surface area (Å²) in [5.41, 5.74) is 2.44. The monoisotopic (exact) mass is 433 g/mol. The first-order chi connectivity index (χ1) is 15.6. The van der Waals surface area contributed by atoms with Gasteiger partial charge in [-0.05, 0) is 36.6 Å². The zero-order valence-corrected chi connectivity index (χ0v) is 18.8. The van der Waals surface area contributed by atoms with Crippen molar-refractivity contribution in [3.63, 3.8) is 0 Å². The number of methoxy groups -OCH3 is 1. The fraction of sp³-hybridized carbons (Fsp3) is 0.400. The number of amides is 1. The molecule has 0 aliphatic carbocycles. The van der Waals surface area contributed by atoms with Gasteiger partial charge in [-0.1, -0.05) is 42.5 Å². The van der Waals surface area contributed by atoms with Gasteiger partial charge < -0.3 is 14.6 Å². The van der Waals surface area contributed by atoms with E-state index in [9.17, 15) is 4.79 Å². The first-order valence-corrected chi connectivity index (χ1v) is 11.2. The third-order valence-corrected chi connectivity index (χ3v) is 5.96. The molecule has 168 valence electrons. The minimum atomic E-state index is -0.173. The lowest BCUT2D eigenvalue weighted by Gasteiger charge is -2.20. The van der Waals surface area contributed by atoms with Crippen LogP contribution in [0.3, 0.4) is 0 Å². The standard InChI is InChI=1S/C25H31N5O2/c1-19(26-24(31)13-10-20-6-4-3-5-7-20)25-28-27-23-14-15-29(16-17-30(23)25)18-21-8-11-22(32-2)12-9-21/h3-9,11-12,19H,10,13-18H2,1-2H3,(H,26,31). The summed E-state index contributed by atoms with van der Waals surface area (Å²) in [5.74, 6) is 2.73. The summed E-state index contributed by atoms with van der Waals surface area (Å²) >= 11 is 0. The Morgan fingerprint density at radius 2 is 1.81 bits per heavy atom. The Morgan fingerprint density at radius 1 is 1.03 bits per heavy atom. The average Bonchev–Trinajstić information content (AvgIpc) is 3.13. The zero-order valence-electron chi connectivity index (χ0n) is 18.8. The second-order valence-electron chi connectivity index (χ2n) is 8.28. The number of hydrogen-bond acceptors (Lipinski definition) is 5. The highest BCUT2D eigenvalue weighted by atomic mass is 16.5. The highest BCUT2D eigenvalue weighted by Crippen LogP contribution is 2.18. The van der Waals surface area contributed by atoms with Crippen LogP contribution in [0.4, 0.5) is 0 Å². The Hall–Kier alpha value is -3.19. The summed E-state index contributed by atoms with van der Waals surface area (Å²) in [6.07, 6.45) is 2.04. The van der Waals surface area contributed by atoms with E-state index in [1.54, 1.807) is 7.11 Å². The zero-order chi connectivity index (χ0) is 22.3.